The third-order valence-electron chi connectivity index (χ3n) is 1.84. The molecule has 0 saturated heterocycles. The van der Waals surface area contributed by atoms with Crippen LogP contribution in [0.5, 0.6) is 0 Å². The van der Waals surface area contributed by atoms with Gasteiger partial charge in [-0.2, -0.15) is 0 Å². The van der Waals surface area contributed by atoms with Crippen LogP contribution in [-0.4, -0.2) is 19.6 Å². The Balaban J connectivity index is 2.98. The van der Waals surface area contributed by atoms with Crippen molar-refractivity contribution in [3.05, 3.63) is 41.2 Å². The summed E-state index contributed by atoms with van der Waals surface area (Å²) in [6.45, 7) is 0.389. The van der Waals surface area contributed by atoms with Gasteiger partial charge in [-0.15, -0.1) is 0 Å². The molecule has 80 valence electrons. The van der Waals surface area contributed by atoms with Gasteiger partial charge >= 0.3 is 5.97 Å². The molecule has 0 fully saturated rings. The summed E-state index contributed by atoms with van der Waals surface area (Å²) >= 11 is 0. The number of halogens is 1. The third kappa shape index (κ3) is 2.89. The van der Waals surface area contributed by atoms with Gasteiger partial charge in [-0.05, 0) is 17.7 Å². The lowest BCUT2D eigenvalue weighted by atomic mass is 10.1. The fraction of sp³-hybridized carbons (Fsp3) is 0.182. The summed E-state index contributed by atoms with van der Waals surface area (Å²) in [5.74, 6) is -1.28. The van der Waals surface area contributed by atoms with E-state index in [0.29, 0.717) is 12.1 Å². The Hall–Kier alpha value is -1.68. The van der Waals surface area contributed by atoms with E-state index in [2.05, 4.69) is 4.74 Å². The van der Waals surface area contributed by atoms with Crippen molar-refractivity contribution in [1.82, 2.24) is 0 Å². The summed E-state index contributed by atoms with van der Waals surface area (Å²) in [5.41, 5.74) is 5.85. The minimum Gasteiger partial charge on any atom is -0.465 e. The molecule has 0 aliphatic heterocycles. The highest BCUT2D eigenvalue weighted by Crippen LogP contribution is 2.12. The Morgan fingerprint density at radius 2 is 2.33 bits per heavy atom. The maximum Gasteiger partial charge on any atom is 0.340 e. The molecule has 15 heavy (non-hydrogen) atoms. The van der Waals surface area contributed by atoms with Crippen molar-refractivity contribution in [3.63, 3.8) is 0 Å². The first kappa shape index (κ1) is 11.4. The van der Waals surface area contributed by atoms with Crippen molar-refractivity contribution in [3.8, 4) is 0 Å². The lowest BCUT2D eigenvalue weighted by Gasteiger charge is -2.01. The number of esters is 1. The molecular formula is C11H12FNO2. The number of ether oxygens (including phenoxy) is 1. The normalized spacial score (nSPS) is 10.6. The lowest BCUT2D eigenvalue weighted by Crippen LogP contribution is -2.04. The van der Waals surface area contributed by atoms with Crippen LogP contribution in [0.1, 0.15) is 15.9 Å². The molecule has 0 heterocycles. The van der Waals surface area contributed by atoms with Gasteiger partial charge in [0.2, 0.25) is 0 Å². The topological polar surface area (TPSA) is 52.3 Å². The highest BCUT2D eigenvalue weighted by molar-refractivity contribution is 5.89. The van der Waals surface area contributed by atoms with Crippen LogP contribution in [0.15, 0.2) is 24.3 Å². The van der Waals surface area contributed by atoms with Crippen molar-refractivity contribution in [2.24, 2.45) is 5.73 Å². The molecule has 0 aromatic heterocycles. The van der Waals surface area contributed by atoms with Crippen LogP contribution in [0.2, 0.25) is 0 Å². The second-order valence-electron chi connectivity index (χ2n) is 2.87. The molecule has 0 radical (unpaired) electrons. The third-order valence-corrected chi connectivity index (χ3v) is 1.84. The Labute approximate surface area is 87.3 Å². The Bertz CT molecular complexity index is 388. The van der Waals surface area contributed by atoms with Crippen LogP contribution in [0.3, 0.4) is 0 Å². The predicted octanol–water partition coefficient (Wildman–Crippen LogP) is 1.58. The first-order valence-electron chi connectivity index (χ1n) is 4.43. The van der Waals surface area contributed by atoms with Crippen LogP contribution >= 0.6 is 0 Å². The number of carbonyl (C=O) groups is 1. The standard InChI is InChI=1S/C11H12FNO2/c1-15-11(14)9-5-4-8(3-2-6-13)7-10(9)12/h2-5,7H,6,13H2,1H3. The quantitative estimate of drug-likeness (QED) is 0.769. The average molecular weight is 209 g/mol. The molecule has 2 N–H and O–H groups in total. The van der Waals surface area contributed by atoms with Gasteiger partial charge in [-0.3, -0.25) is 0 Å². The van der Waals surface area contributed by atoms with Gasteiger partial charge in [0, 0.05) is 6.54 Å². The summed E-state index contributed by atoms with van der Waals surface area (Å²) < 4.78 is 17.8. The van der Waals surface area contributed by atoms with E-state index >= 15 is 0 Å². The number of rotatable bonds is 3. The fourth-order valence-electron chi connectivity index (χ4n) is 1.11. The second kappa shape index (κ2) is 5.26. The van der Waals surface area contributed by atoms with E-state index in [1.807, 2.05) is 0 Å². The van der Waals surface area contributed by atoms with Crippen molar-refractivity contribution in [2.45, 2.75) is 0 Å². The molecule has 0 aliphatic rings. The van der Waals surface area contributed by atoms with Crippen LogP contribution in [0, 0.1) is 5.82 Å². The first-order valence-corrected chi connectivity index (χ1v) is 4.43. The number of methoxy groups -OCH3 is 1. The molecule has 4 heteroatoms. The SMILES string of the molecule is COC(=O)c1ccc(C=CCN)cc1F. The molecule has 0 bridgehead atoms. The summed E-state index contributed by atoms with van der Waals surface area (Å²) in [4.78, 5) is 11.1. The van der Waals surface area contributed by atoms with E-state index < -0.39 is 11.8 Å². The van der Waals surface area contributed by atoms with Gasteiger partial charge < -0.3 is 10.5 Å². The largest absolute Gasteiger partial charge is 0.465 e. The number of nitrogens with two attached hydrogens (primary N) is 1. The number of hydrogen-bond donors (Lipinski definition) is 1. The number of benzene rings is 1. The molecule has 1 rings (SSSR count). The Morgan fingerprint density at radius 1 is 1.60 bits per heavy atom. The first-order chi connectivity index (χ1) is 7.19. The second-order valence-corrected chi connectivity index (χ2v) is 2.87. The summed E-state index contributed by atoms with van der Waals surface area (Å²) in [7, 11) is 1.21. The molecule has 1 aromatic rings. The molecular weight excluding hydrogens is 197 g/mol. The molecule has 3 nitrogen and oxygen atoms in total. The summed E-state index contributed by atoms with van der Waals surface area (Å²) in [6.07, 6.45) is 3.39. The van der Waals surface area contributed by atoms with Gasteiger partial charge in [0.15, 0.2) is 0 Å². The average Bonchev–Trinajstić information content (AvgIpc) is 2.25. The highest BCUT2D eigenvalue weighted by Gasteiger charge is 2.11. The Kier molecular flexibility index (Phi) is 4.00. The minimum absolute atomic E-state index is 0.0672. The number of carbonyl (C=O) groups excluding carboxylic acids is 1. The molecule has 0 atom stereocenters. The van der Waals surface area contributed by atoms with Crippen LogP contribution in [-0.2, 0) is 4.74 Å². The van der Waals surface area contributed by atoms with Gasteiger partial charge in [0.25, 0.3) is 0 Å². The maximum absolute atomic E-state index is 13.3. The zero-order chi connectivity index (χ0) is 11.3. The van der Waals surface area contributed by atoms with Gasteiger partial charge in [-0.25, -0.2) is 9.18 Å². The fourth-order valence-corrected chi connectivity index (χ4v) is 1.11. The number of hydrogen-bond acceptors (Lipinski definition) is 3. The van der Waals surface area contributed by atoms with E-state index in [4.69, 9.17) is 5.73 Å². The maximum atomic E-state index is 13.3. The molecule has 0 saturated carbocycles. The van der Waals surface area contributed by atoms with Crippen molar-refractivity contribution < 1.29 is 13.9 Å². The Morgan fingerprint density at radius 3 is 2.87 bits per heavy atom. The van der Waals surface area contributed by atoms with Crippen molar-refractivity contribution >= 4 is 12.0 Å². The van der Waals surface area contributed by atoms with Crippen LogP contribution in [0.4, 0.5) is 4.39 Å². The van der Waals surface area contributed by atoms with E-state index in [-0.39, 0.29) is 5.56 Å². The van der Waals surface area contributed by atoms with Gasteiger partial charge in [0.1, 0.15) is 5.82 Å². The van der Waals surface area contributed by atoms with E-state index in [0.717, 1.165) is 0 Å². The lowest BCUT2D eigenvalue weighted by molar-refractivity contribution is 0.0595. The van der Waals surface area contributed by atoms with Crippen molar-refractivity contribution in [2.75, 3.05) is 13.7 Å². The smallest absolute Gasteiger partial charge is 0.340 e. The van der Waals surface area contributed by atoms with Crippen LogP contribution < -0.4 is 5.73 Å². The molecule has 0 spiro atoms. The van der Waals surface area contributed by atoms with Gasteiger partial charge in [-0.1, -0.05) is 18.2 Å². The van der Waals surface area contributed by atoms with E-state index in [9.17, 15) is 9.18 Å². The molecule has 0 unspecified atom stereocenters. The van der Waals surface area contributed by atoms with E-state index in [1.54, 1.807) is 18.2 Å². The zero-order valence-corrected chi connectivity index (χ0v) is 8.37. The summed E-state index contributed by atoms with van der Waals surface area (Å²) in [6, 6.07) is 4.28. The highest BCUT2D eigenvalue weighted by atomic mass is 19.1. The van der Waals surface area contributed by atoms with Crippen LogP contribution in [0.25, 0.3) is 6.08 Å². The molecule has 0 amide bonds. The zero-order valence-electron chi connectivity index (χ0n) is 8.37. The van der Waals surface area contributed by atoms with E-state index in [1.165, 1.54) is 19.2 Å². The minimum atomic E-state index is -0.679. The molecule has 0 aliphatic carbocycles. The van der Waals surface area contributed by atoms with Gasteiger partial charge in [0.05, 0.1) is 12.7 Å². The summed E-state index contributed by atoms with van der Waals surface area (Å²) in [5, 5.41) is 0. The predicted molar refractivity (Wildman–Crippen MR) is 55.8 cm³/mol. The van der Waals surface area contributed by atoms with Crippen molar-refractivity contribution in [1.29, 1.82) is 0 Å². The monoisotopic (exact) mass is 209 g/mol. The molecule has 1 aromatic carbocycles.